The number of benzene rings is 2. The summed E-state index contributed by atoms with van der Waals surface area (Å²) in [5.74, 6) is 2.46. The van der Waals surface area contributed by atoms with Crippen LogP contribution in [0.25, 0.3) is 0 Å². The van der Waals surface area contributed by atoms with Gasteiger partial charge in [-0.05, 0) is 70.2 Å². The van der Waals surface area contributed by atoms with Crippen LogP contribution in [0.15, 0.2) is 60.7 Å². The quantitative estimate of drug-likeness (QED) is 0.264. The van der Waals surface area contributed by atoms with Crippen molar-refractivity contribution >= 4 is 24.7 Å². The summed E-state index contributed by atoms with van der Waals surface area (Å²) in [4.78, 5) is 11.9. The van der Waals surface area contributed by atoms with Crippen molar-refractivity contribution in [2.75, 3.05) is 13.7 Å². The summed E-state index contributed by atoms with van der Waals surface area (Å²) in [5, 5.41) is 2.72. The highest BCUT2D eigenvalue weighted by atomic mass is 28.4. The van der Waals surface area contributed by atoms with Gasteiger partial charge in [0.05, 0.1) is 7.11 Å². The molecule has 4 heteroatoms. The third-order valence-electron chi connectivity index (χ3n) is 9.96. The predicted molar refractivity (Wildman–Crippen MR) is 156 cm³/mol. The molecular weight excluding hydrogens is 472 g/mol. The maximum atomic E-state index is 11.9. The molecule has 2 aromatic rings. The lowest BCUT2D eigenvalue weighted by Crippen LogP contribution is -2.67. The smallest absolute Gasteiger partial charge is 0.305 e. The van der Waals surface area contributed by atoms with Gasteiger partial charge in [0.2, 0.25) is 0 Å². The first-order valence-corrected chi connectivity index (χ1v) is 16.4. The molecule has 2 saturated carbocycles. The van der Waals surface area contributed by atoms with Crippen LogP contribution in [-0.2, 0) is 14.0 Å². The van der Waals surface area contributed by atoms with Crippen molar-refractivity contribution in [2.45, 2.75) is 84.6 Å². The molecule has 0 bridgehead atoms. The Balaban J connectivity index is 1.57. The largest absolute Gasteiger partial charge is 0.469 e. The first-order valence-electron chi connectivity index (χ1n) is 14.5. The standard InChI is InChI=1S/C33H48O3Si/c1-25(29-20-21-30-26(19-22-31(34)35-6)14-13-23-33(29,30)5)24-36-37(32(2,3)4,27-15-9-7-10-16-27)28-17-11-8-12-18-28/h7-12,15-18,25-26,29-30H,13-14,19-24H2,1-6H3/t25?,26-,29-,30-,33+/m1/s1. The lowest BCUT2D eigenvalue weighted by Gasteiger charge is -2.48. The molecule has 2 fully saturated rings. The molecule has 1 unspecified atom stereocenters. The molecule has 202 valence electrons. The molecule has 0 aliphatic heterocycles. The monoisotopic (exact) mass is 520 g/mol. The molecule has 2 aliphatic rings. The molecule has 0 heterocycles. The molecule has 2 aliphatic carbocycles. The van der Waals surface area contributed by atoms with Gasteiger partial charge < -0.3 is 9.16 Å². The van der Waals surface area contributed by atoms with E-state index < -0.39 is 8.32 Å². The zero-order valence-corrected chi connectivity index (χ0v) is 25.0. The SMILES string of the molecule is COC(=O)CC[C@H]1CCC[C@@]2(C)[C@@H](C(C)CO[Si](c3ccccc3)(c3ccccc3)C(C)(C)C)CC[C@H]12. The molecule has 5 atom stereocenters. The number of fused-ring (bicyclic) bond motifs is 1. The lowest BCUT2D eigenvalue weighted by atomic mass is 9.59. The van der Waals surface area contributed by atoms with E-state index in [1.807, 2.05) is 0 Å². The van der Waals surface area contributed by atoms with Crippen LogP contribution in [0.1, 0.15) is 79.6 Å². The molecule has 0 spiro atoms. The lowest BCUT2D eigenvalue weighted by molar-refractivity contribution is -0.141. The zero-order valence-electron chi connectivity index (χ0n) is 24.0. The fourth-order valence-electron chi connectivity index (χ4n) is 8.20. The van der Waals surface area contributed by atoms with Crippen LogP contribution in [0.3, 0.4) is 0 Å². The van der Waals surface area contributed by atoms with Crippen LogP contribution in [0.5, 0.6) is 0 Å². The van der Waals surface area contributed by atoms with E-state index >= 15 is 0 Å². The first kappa shape index (κ1) is 28.1. The van der Waals surface area contributed by atoms with Gasteiger partial charge in [0.25, 0.3) is 8.32 Å². The highest BCUT2D eigenvalue weighted by Crippen LogP contribution is 2.60. The van der Waals surface area contributed by atoms with Crippen molar-refractivity contribution < 1.29 is 14.0 Å². The normalized spacial score (nSPS) is 26.9. The van der Waals surface area contributed by atoms with Gasteiger partial charge in [-0.25, -0.2) is 0 Å². The van der Waals surface area contributed by atoms with Crippen molar-refractivity contribution in [1.29, 1.82) is 0 Å². The van der Waals surface area contributed by atoms with E-state index in [2.05, 4.69) is 95.3 Å². The molecule has 0 amide bonds. The molecule has 37 heavy (non-hydrogen) atoms. The third-order valence-corrected chi connectivity index (χ3v) is 15.0. The van der Waals surface area contributed by atoms with Gasteiger partial charge in [-0.1, -0.05) is 108 Å². The maximum absolute atomic E-state index is 11.9. The number of rotatable bonds is 9. The number of esters is 1. The van der Waals surface area contributed by atoms with E-state index in [0.29, 0.717) is 35.5 Å². The molecule has 0 saturated heterocycles. The second-order valence-electron chi connectivity index (χ2n) is 13.0. The Hall–Kier alpha value is -1.91. The minimum absolute atomic E-state index is 0.00135. The summed E-state index contributed by atoms with van der Waals surface area (Å²) >= 11 is 0. The van der Waals surface area contributed by atoms with E-state index in [4.69, 9.17) is 9.16 Å². The second-order valence-corrected chi connectivity index (χ2v) is 17.3. The molecule has 2 aromatic carbocycles. The molecule has 3 nitrogen and oxygen atoms in total. The fourth-order valence-corrected chi connectivity index (χ4v) is 12.9. The minimum atomic E-state index is -2.53. The van der Waals surface area contributed by atoms with Crippen molar-refractivity contribution in [2.24, 2.45) is 29.1 Å². The van der Waals surface area contributed by atoms with Gasteiger partial charge >= 0.3 is 5.97 Å². The van der Waals surface area contributed by atoms with Crippen LogP contribution in [0.2, 0.25) is 5.04 Å². The Morgan fingerprint density at radius 2 is 1.59 bits per heavy atom. The summed E-state index contributed by atoms with van der Waals surface area (Å²) < 4.78 is 12.3. The van der Waals surface area contributed by atoms with E-state index in [1.54, 1.807) is 0 Å². The van der Waals surface area contributed by atoms with Gasteiger partial charge in [0.1, 0.15) is 0 Å². The van der Waals surface area contributed by atoms with Crippen LogP contribution in [-0.4, -0.2) is 28.0 Å². The zero-order chi connectivity index (χ0) is 26.7. The topological polar surface area (TPSA) is 35.5 Å². The molecule has 0 radical (unpaired) electrons. The van der Waals surface area contributed by atoms with Crippen molar-refractivity contribution in [3.05, 3.63) is 60.7 Å². The molecular formula is C33H48O3Si. The van der Waals surface area contributed by atoms with Gasteiger partial charge in [-0.15, -0.1) is 0 Å². The highest BCUT2D eigenvalue weighted by molar-refractivity contribution is 6.99. The number of carbonyl (C=O) groups excluding carboxylic acids is 1. The Labute approximate surface area is 226 Å². The number of ether oxygens (including phenoxy) is 1. The number of carbonyl (C=O) groups is 1. The number of hydrogen-bond donors (Lipinski definition) is 0. The number of hydrogen-bond acceptors (Lipinski definition) is 3. The van der Waals surface area contributed by atoms with Gasteiger partial charge in [0, 0.05) is 13.0 Å². The first-order chi connectivity index (χ1) is 17.6. The van der Waals surface area contributed by atoms with Gasteiger partial charge in [-0.2, -0.15) is 0 Å². The molecule has 4 rings (SSSR count). The van der Waals surface area contributed by atoms with E-state index in [9.17, 15) is 4.79 Å². The maximum Gasteiger partial charge on any atom is 0.305 e. The second kappa shape index (κ2) is 11.5. The van der Waals surface area contributed by atoms with Crippen molar-refractivity contribution in [1.82, 2.24) is 0 Å². The van der Waals surface area contributed by atoms with Crippen LogP contribution < -0.4 is 10.4 Å². The summed E-state index contributed by atoms with van der Waals surface area (Å²) in [5.41, 5.74) is 0.341. The molecule has 0 aromatic heterocycles. The summed E-state index contributed by atoms with van der Waals surface area (Å²) in [7, 11) is -1.02. The highest BCUT2D eigenvalue weighted by Gasteiger charge is 2.54. The van der Waals surface area contributed by atoms with Gasteiger partial charge in [0.15, 0.2) is 0 Å². The van der Waals surface area contributed by atoms with Gasteiger partial charge in [-0.3, -0.25) is 4.79 Å². The van der Waals surface area contributed by atoms with Crippen molar-refractivity contribution in [3.8, 4) is 0 Å². The predicted octanol–water partition coefficient (Wildman–Crippen LogP) is 6.98. The number of methoxy groups -OCH3 is 1. The van der Waals surface area contributed by atoms with E-state index in [-0.39, 0.29) is 11.0 Å². The van der Waals surface area contributed by atoms with Crippen LogP contribution in [0, 0.1) is 29.1 Å². The van der Waals surface area contributed by atoms with Crippen LogP contribution in [0.4, 0.5) is 0 Å². The Morgan fingerprint density at radius 1 is 1.00 bits per heavy atom. The van der Waals surface area contributed by atoms with E-state index in [1.165, 1.54) is 49.6 Å². The minimum Gasteiger partial charge on any atom is -0.469 e. The Bertz CT molecular complexity index is 975. The summed E-state index contributed by atoms with van der Waals surface area (Å²) in [6.45, 7) is 12.9. The Kier molecular flexibility index (Phi) is 8.70. The Morgan fingerprint density at radius 3 is 2.14 bits per heavy atom. The average molecular weight is 521 g/mol. The summed E-state index contributed by atoms with van der Waals surface area (Å²) in [6.07, 6.45) is 7.95. The van der Waals surface area contributed by atoms with Crippen LogP contribution >= 0.6 is 0 Å². The van der Waals surface area contributed by atoms with Crippen molar-refractivity contribution in [3.63, 3.8) is 0 Å². The average Bonchev–Trinajstić information content (AvgIpc) is 3.25. The fraction of sp³-hybridized carbons (Fsp3) is 0.606. The van der Waals surface area contributed by atoms with E-state index in [0.717, 1.165) is 13.0 Å². The third kappa shape index (κ3) is 5.47. The molecule has 0 N–H and O–H groups in total. The summed E-state index contributed by atoms with van der Waals surface area (Å²) in [6, 6.07) is 22.0.